The van der Waals surface area contributed by atoms with E-state index in [1.54, 1.807) is 36.4 Å². The minimum absolute atomic E-state index is 0.0960. The van der Waals surface area contributed by atoms with Gasteiger partial charge in [0, 0.05) is 12.2 Å². The number of imide groups is 1. The van der Waals surface area contributed by atoms with Crippen LogP contribution in [0.5, 0.6) is 0 Å². The Labute approximate surface area is 192 Å². The normalized spacial score (nSPS) is 21.1. The number of aryl methyl sites for hydroxylation is 1. The molecule has 4 rings (SSSR count). The summed E-state index contributed by atoms with van der Waals surface area (Å²) in [6, 6.07) is 15.0. The zero-order chi connectivity index (χ0) is 23.4. The van der Waals surface area contributed by atoms with Gasteiger partial charge in [-0.1, -0.05) is 35.9 Å². The van der Waals surface area contributed by atoms with E-state index < -0.39 is 18.0 Å². The van der Waals surface area contributed by atoms with Gasteiger partial charge in [0.05, 0.1) is 24.1 Å². The van der Waals surface area contributed by atoms with Crippen molar-refractivity contribution in [1.29, 1.82) is 0 Å². The zero-order valence-electron chi connectivity index (χ0n) is 18.4. The Morgan fingerprint density at radius 1 is 0.970 bits per heavy atom. The molecule has 2 aromatic rings. The number of amides is 5. The van der Waals surface area contributed by atoms with Crippen molar-refractivity contribution >= 4 is 35.1 Å². The molecule has 2 aliphatic rings. The molecule has 0 aliphatic carbocycles. The lowest BCUT2D eigenvalue weighted by atomic mass is 9.95. The van der Waals surface area contributed by atoms with Crippen LogP contribution in [0.25, 0.3) is 0 Å². The van der Waals surface area contributed by atoms with Crippen molar-refractivity contribution in [2.24, 2.45) is 5.92 Å². The number of carbonyl (C=O) groups is 4. The molecule has 3 N–H and O–H groups in total. The quantitative estimate of drug-likeness (QED) is 0.490. The van der Waals surface area contributed by atoms with Crippen LogP contribution >= 0.6 is 0 Å². The van der Waals surface area contributed by atoms with Gasteiger partial charge in [-0.3, -0.25) is 24.7 Å². The number of likely N-dealkylation sites (tertiary alicyclic amines) is 1. The van der Waals surface area contributed by atoms with Gasteiger partial charge < -0.3 is 5.32 Å². The van der Waals surface area contributed by atoms with Gasteiger partial charge >= 0.3 is 6.03 Å². The van der Waals surface area contributed by atoms with Crippen molar-refractivity contribution < 1.29 is 19.2 Å². The minimum atomic E-state index is -0.580. The zero-order valence-corrected chi connectivity index (χ0v) is 18.4. The van der Waals surface area contributed by atoms with E-state index in [4.69, 9.17) is 0 Å². The number of nitrogens with zero attached hydrogens (tertiary/aromatic N) is 2. The van der Waals surface area contributed by atoms with Gasteiger partial charge in [0.1, 0.15) is 0 Å². The number of urea groups is 1. The number of rotatable bonds is 4. The maximum atomic E-state index is 13.1. The molecule has 2 aliphatic heterocycles. The van der Waals surface area contributed by atoms with Crippen LogP contribution in [0.4, 0.5) is 16.2 Å². The van der Waals surface area contributed by atoms with Crippen LogP contribution in [0, 0.1) is 12.8 Å². The number of hydrazine groups is 1. The summed E-state index contributed by atoms with van der Waals surface area (Å²) in [5, 5.41) is 2.63. The van der Waals surface area contributed by atoms with Crippen LogP contribution in [0.3, 0.4) is 0 Å². The second-order valence-electron chi connectivity index (χ2n) is 8.39. The summed E-state index contributed by atoms with van der Waals surface area (Å²) in [6.45, 7) is 2.93. The number of piperidine rings is 1. The van der Waals surface area contributed by atoms with E-state index in [2.05, 4.69) is 16.2 Å². The summed E-state index contributed by atoms with van der Waals surface area (Å²) in [5.74, 6) is -1.22. The molecule has 0 unspecified atom stereocenters. The third-order valence-electron chi connectivity index (χ3n) is 6.01. The SMILES string of the molecule is Cc1ccc(N2C(=O)C[C@H](N3CCC[C@@H](C(=O)NNC(=O)Nc4ccccc4)C3)C2=O)cc1. The molecule has 2 saturated heterocycles. The van der Waals surface area contributed by atoms with Crippen LogP contribution < -0.4 is 21.1 Å². The van der Waals surface area contributed by atoms with Crippen molar-refractivity contribution in [2.75, 3.05) is 23.3 Å². The second kappa shape index (κ2) is 9.83. The van der Waals surface area contributed by atoms with Crippen molar-refractivity contribution in [3.63, 3.8) is 0 Å². The first kappa shape index (κ1) is 22.5. The highest BCUT2D eigenvalue weighted by Gasteiger charge is 2.44. The monoisotopic (exact) mass is 449 g/mol. The Bertz CT molecular complexity index is 1040. The summed E-state index contributed by atoms with van der Waals surface area (Å²) in [4.78, 5) is 53.5. The van der Waals surface area contributed by atoms with E-state index in [9.17, 15) is 19.2 Å². The third-order valence-corrected chi connectivity index (χ3v) is 6.01. The predicted molar refractivity (Wildman–Crippen MR) is 123 cm³/mol. The fourth-order valence-corrected chi connectivity index (χ4v) is 4.27. The fraction of sp³-hybridized carbons (Fsp3) is 0.333. The number of benzene rings is 2. The van der Waals surface area contributed by atoms with E-state index in [1.165, 1.54) is 4.90 Å². The Hall–Kier alpha value is -3.72. The summed E-state index contributed by atoms with van der Waals surface area (Å²) >= 11 is 0. The molecule has 0 aromatic heterocycles. The Morgan fingerprint density at radius 3 is 2.42 bits per heavy atom. The number of hydrogen-bond donors (Lipinski definition) is 3. The molecule has 9 nitrogen and oxygen atoms in total. The molecular formula is C24H27N5O4. The molecule has 2 fully saturated rings. The Morgan fingerprint density at radius 2 is 1.70 bits per heavy atom. The molecule has 2 atom stereocenters. The van der Waals surface area contributed by atoms with Crippen LogP contribution in [-0.4, -0.2) is 47.8 Å². The molecule has 2 heterocycles. The molecule has 2 aromatic carbocycles. The first-order valence-corrected chi connectivity index (χ1v) is 11.0. The fourth-order valence-electron chi connectivity index (χ4n) is 4.27. The van der Waals surface area contributed by atoms with Crippen molar-refractivity contribution in [2.45, 2.75) is 32.2 Å². The molecule has 0 saturated carbocycles. The summed E-state index contributed by atoms with van der Waals surface area (Å²) in [6.07, 6.45) is 1.45. The number of anilines is 2. The smallest absolute Gasteiger partial charge is 0.307 e. The van der Waals surface area contributed by atoms with Gasteiger partial charge in [0.25, 0.3) is 5.91 Å². The molecule has 9 heteroatoms. The largest absolute Gasteiger partial charge is 0.337 e. The Balaban J connectivity index is 1.32. The topological polar surface area (TPSA) is 111 Å². The Kier molecular flexibility index (Phi) is 6.69. The predicted octanol–water partition coefficient (Wildman–Crippen LogP) is 2.19. The molecular weight excluding hydrogens is 422 g/mol. The van der Waals surface area contributed by atoms with Gasteiger partial charge in [0.15, 0.2) is 0 Å². The van der Waals surface area contributed by atoms with Gasteiger partial charge in [-0.25, -0.2) is 15.1 Å². The number of carbonyl (C=O) groups excluding carboxylic acids is 4. The number of hydrogen-bond acceptors (Lipinski definition) is 5. The summed E-state index contributed by atoms with van der Waals surface area (Å²) < 4.78 is 0. The van der Waals surface area contributed by atoms with Crippen LogP contribution in [0.1, 0.15) is 24.8 Å². The first-order valence-electron chi connectivity index (χ1n) is 11.0. The van der Waals surface area contributed by atoms with Crippen molar-refractivity contribution in [1.82, 2.24) is 15.8 Å². The highest BCUT2D eigenvalue weighted by atomic mass is 16.2. The van der Waals surface area contributed by atoms with Gasteiger partial charge in [-0.2, -0.15) is 0 Å². The van der Waals surface area contributed by atoms with Gasteiger partial charge in [0.2, 0.25) is 11.8 Å². The third kappa shape index (κ3) is 5.20. The minimum Gasteiger partial charge on any atom is -0.307 e. The highest BCUT2D eigenvalue weighted by molar-refractivity contribution is 6.22. The lowest BCUT2D eigenvalue weighted by molar-refractivity contribution is -0.130. The van der Waals surface area contributed by atoms with Crippen LogP contribution in [0.2, 0.25) is 0 Å². The first-order chi connectivity index (χ1) is 15.9. The van der Waals surface area contributed by atoms with Gasteiger partial charge in [-0.05, 0) is 50.6 Å². The van der Waals surface area contributed by atoms with E-state index in [0.717, 1.165) is 12.0 Å². The van der Waals surface area contributed by atoms with Crippen molar-refractivity contribution in [3.8, 4) is 0 Å². The molecule has 0 bridgehead atoms. The van der Waals surface area contributed by atoms with Crippen LogP contribution in [-0.2, 0) is 14.4 Å². The molecule has 172 valence electrons. The maximum Gasteiger partial charge on any atom is 0.337 e. The maximum absolute atomic E-state index is 13.1. The van der Waals surface area contributed by atoms with E-state index in [-0.39, 0.29) is 24.1 Å². The lowest BCUT2D eigenvalue weighted by Crippen LogP contribution is -2.52. The van der Waals surface area contributed by atoms with E-state index in [0.29, 0.717) is 30.9 Å². The standard InChI is InChI=1S/C24H27N5O4/c1-16-9-11-19(12-10-16)29-21(30)14-20(23(29)32)28-13-5-6-17(15-28)22(31)26-27-24(33)25-18-7-3-2-4-8-18/h2-4,7-12,17,20H,5-6,13-15H2,1H3,(H,26,31)(H2,25,27,33)/t17-,20+/m1/s1. The highest BCUT2D eigenvalue weighted by Crippen LogP contribution is 2.29. The average Bonchev–Trinajstić information content (AvgIpc) is 3.12. The molecule has 5 amide bonds. The van der Waals surface area contributed by atoms with Gasteiger partial charge in [-0.15, -0.1) is 0 Å². The number of nitrogens with one attached hydrogen (secondary N) is 3. The summed E-state index contributed by atoms with van der Waals surface area (Å²) in [7, 11) is 0. The molecule has 33 heavy (non-hydrogen) atoms. The number of para-hydroxylation sites is 1. The average molecular weight is 450 g/mol. The second-order valence-corrected chi connectivity index (χ2v) is 8.39. The molecule has 0 spiro atoms. The lowest BCUT2D eigenvalue weighted by Gasteiger charge is -2.34. The van der Waals surface area contributed by atoms with Crippen LogP contribution in [0.15, 0.2) is 54.6 Å². The summed E-state index contributed by atoms with van der Waals surface area (Å²) in [5.41, 5.74) is 7.04. The molecule has 0 radical (unpaired) electrons. The van der Waals surface area contributed by atoms with E-state index in [1.807, 2.05) is 30.0 Å². The van der Waals surface area contributed by atoms with Crippen molar-refractivity contribution in [3.05, 3.63) is 60.2 Å². The van der Waals surface area contributed by atoms with E-state index >= 15 is 0 Å².